The van der Waals surface area contributed by atoms with Gasteiger partial charge in [0.1, 0.15) is 5.75 Å². The van der Waals surface area contributed by atoms with Crippen molar-refractivity contribution in [2.24, 2.45) is 5.10 Å². The molecule has 0 fully saturated rings. The van der Waals surface area contributed by atoms with Gasteiger partial charge in [-0.15, -0.1) is 0 Å². The Morgan fingerprint density at radius 1 is 1.00 bits per heavy atom. The molecule has 0 aromatic heterocycles. The van der Waals surface area contributed by atoms with Crippen molar-refractivity contribution < 1.29 is 17.9 Å². The van der Waals surface area contributed by atoms with E-state index in [-0.39, 0.29) is 16.8 Å². The molecular formula is C24H23N3O4S. The minimum atomic E-state index is -3.66. The number of sulfonamides is 1. The number of hydrogen-bond donors (Lipinski definition) is 1. The van der Waals surface area contributed by atoms with Crippen molar-refractivity contribution in [2.45, 2.75) is 24.3 Å². The molecule has 7 nitrogen and oxygen atoms in total. The van der Waals surface area contributed by atoms with Crippen LogP contribution in [-0.4, -0.2) is 32.2 Å². The fourth-order valence-electron chi connectivity index (χ4n) is 3.70. The lowest BCUT2D eigenvalue weighted by Crippen LogP contribution is -2.24. The number of anilines is 1. The SMILES string of the molecule is COc1ccccc1C1CC(c2ccc(NS(=O)(=O)c3ccccc3)cc2)=NN1C(C)=O. The van der Waals surface area contributed by atoms with Gasteiger partial charge in [-0.05, 0) is 35.9 Å². The molecule has 1 N–H and O–H groups in total. The number of nitrogens with one attached hydrogen (secondary N) is 1. The smallest absolute Gasteiger partial charge is 0.261 e. The molecule has 3 aromatic rings. The van der Waals surface area contributed by atoms with Gasteiger partial charge in [0, 0.05) is 24.6 Å². The van der Waals surface area contributed by atoms with Crippen molar-refractivity contribution in [3.05, 3.63) is 90.0 Å². The third-order valence-electron chi connectivity index (χ3n) is 5.25. The Morgan fingerprint density at radius 2 is 1.66 bits per heavy atom. The first-order valence-corrected chi connectivity index (χ1v) is 11.6. The number of benzene rings is 3. The summed E-state index contributed by atoms with van der Waals surface area (Å²) in [6.45, 7) is 1.48. The third kappa shape index (κ3) is 4.36. The second kappa shape index (κ2) is 8.84. The van der Waals surface area contributed by atoms with Gasteiger partial charge in [-0.2, -0.15) is 5.10 Å². The van der Waals surface area contributed by atoms with Gasteiger partial charge in [-0.25, -0.2) is 13.4 Å². The Bertz CT molecular complexity index is 1260. The Morgan fingerprint density at radius 3 is 2.31 bits per heavy atom. The predicted octanol–water partition coefficient (Wildman–Crippen LogP) is 4.19. The van der Waals surface area contributed by atoms with Gasteiger partial charge in [0.25, 0.3) is 10.0 Å². The van der Waals surface area contributed by atoms with Crippen molar-refractivity contribution in [1.82, 2.24) is 5.01 Å². The van der Waals surface area contributed by atoms with Crippen LogP contribution in [0.2, 0.25) is 0 Å². The second-order valence-corrected chi connectivity index (χ2v) is 9.05. The Balaban J connectivity index is 1.56. The molecule has 0 radical (unpaired) electrons. The van der Waals surface area contributed by atoms with Crippen molar-refractivity contribution in [2.75, 3.05) is 11.8 Å². The zero-order valence-electron chi connectivity index (χ0n) is 17.7. The first-order valence-electron chi connectivity index (χ1n) is 10.1. The summed E-state index contributed by atoms with van der Waals surface area (Å²) < 4.78 is 33.1. The normalized spacial score (nSPS) is 15.9. The summed E-state index contributed by atoms with van der Waals surface area (Å²) in [5.41, 5.74) is 2.89. The minimum Gasteiger partial charge on any atom is -0.496 e. The third-order valence-corrected chi connectivity index (χ3v) is 6.65. The Kier molecular flexibility index (Phi) is 5.96. The van der Waals surface area contributed by atoms with Gasteiger partial charge in [0.05, 0.1) is 23.8 Å². The zero-order valence-corrected chi connectivity index (χ0v) is 18.5. The summed E-state index contributed by atoms with van der Waals surface area (Å²) in [4.78, 5) is 12.4. The maximum absolute atomic E-state index is 12.5. The standard InChI is InChI=1S/C24H23N3O4S/c1-17(28)27-23(21-10-6-7-11-24(21)31-2)16-22(25-27)18-12-14-19(15-13-18)26-32(29,30)20-8-4-3-5-9-20/h3-15,23,26H,16H2,1-2H3. The lowest BCUT2D eigenvalue weighted by Gasteiger charge is -2.22. The van der Waals surface area contributed by atoms with E-state index in [4.69, 9.17) is 4.74 Å². The molecule has 1 aliphatic heterocycles. The van der Waals surface area contributed by atoms with E-state index < -0.39 is 10.0 Å². The molecule has 4 rings (SSSR count). The van der Waals surface area contributed by atoms with E-state index in [1.54, 1.807) is 49.6 Å². The predicted molar refractivity (Wildman–Crippen MR) is 123 cm³/mol. The highest BCUT2D eigenvalue weighted by atomic mass is 32.2. The number of amides is 1. The number of nitrogens with zero attached hydrogens (tertiary/aromatic N) is 2. The van der Waals surface area contributed by atoms with Gasteiger partial charge in [-0.3, -0.25) is 9.52 Å². The molecule has 8 heteroatoms. The first kappa shape index (κ1) is 21.6. The minimum absolute atomic E-state index is 0.164. The van der Waals surface area contributed by atoms with Crippen molar-refractivity contribution in [1.29, 1.82) is 0 Å². The van der Waals surface area contributed by atoms with Crippen LogP contribution in [0.15, 0.2) is 88.9 Å². The summed E-state index contributed by atoms with van der Waals surface area (Å²) >= 11 is 0. The summed E-state index contributed by atoms with van der Waals surface area (Å²) in [7, 11) is -2.06. The average molecular weight is 450 g/mol. The molecular weight excluding hydrogens is 426 g/mol. The topological polar surface area (TPSA) is 88.1 Å². The molecule has 0 spiro atoms. The molecule has 1 heterocycles. The number of ether oxygens (including phenoxy) is 1. The largest absolute Gasteiger partial charge is 0.496 e. The van der Waals surface area contributed by atoms with E-state index >= 15 is 0 Å². The van der Waals surface area contributed by atoms with E-state index in [2.05, 4.69) is 9.82 Å². The van der Waals surface area contributed by atoms with Crippen molar-refractivity contribution >= 4 is 27.3 Å². The highest BCUT2D eigenvalue weighted by Gasteiger charge is 2.33. The number of hydrogen-bond acceptors (Lipinski definition) is 5. The van der Waals surface area contributed by atoms with E-state index in [9.17, 15) is 13.2 Å². The number of hydrazone groups is 1. The number of carbonyl (C=O) groups is 1. The molecule has 1 atom stereocenters. The highest BCUT2D eigenvalue weighted by Crippen LogP contribution is 2.37. The van der Waals surface area contributed by atoms with E-state index in [0.717, 1.165) is 16.8 Å². The fourth-order valence-corrected chi connectivity index (χ4v) is 4.78. The summed E-state index contributed by atoms with van der Waals surface area (Å²) in [6.07, 6.45) is 0.523. The van der Waals surface area contributed by atoms with Crippen LogP contribution in [0.25, 0.3) is 0 Å². The molecule has 1 aliphatic rings. The molecule has 3 aromatic carbocycles. The van der Waals surface area contributed by atoms with Gasteiger partial charge in [0.2, 0.25) is 5.91 Å². The van der Waals surface area contributed by atoms with Crippen LogP contribution >= 0.6 is 0 Å². The maximum Gasteiger partial charge on any atom is 0.261 e. The fraction of sp³-hybridized carbons (Fsp3) is 0.167. The summed E-state index contributed by atoms with van der Waals surface area (Å²) in [6, 6.07) is 22.5. The molecule has 164 valence electrons. The van der Waals surface area contributed by atoms with Crippen LogP contribution in [0.1, 0.15) is 30.5 Å². The quantitative estimate of drug-likeness (QED) is 0.611. The van der Waals surface area contributed by atoms with Gasteiger partial charge in [-0.1, -0.05) is 48.5 Å². The highest BCUT2D eigenvalue weighted by molar-refractivity contribution is 7.92. The van der Waals surface area contributed by atoms with Crippen LogP contribution in [-0.2, 0) is 14.8 Å². The van der Waals surface area contributed by atoms with E-state index in [1.165, 1.54) is 24.1 Å². The molecule has 32 heavy (non-hydrogen) atoms. The zero-order chi connectivity index (χ0) is 22.7. The monoisotopic (exact) mass is 449 g/mol. The van der Waals surface area contributed by atoms with Crippen LogP contribution in [0.3, 0.4) is 0 Å². The van der Waals surface area contributed by atoms with Crippen LogP contribution in [0.5, 0.6) is 5.75 Å². The summed E-state index contributed by atoms with van der Waals surface area (Å²) in [5, 5.41) is 6.02. The Hall–Kier alpha value is -3.65. The molecule has 1 amide bonds. The molecule has 0 saturated heterocycles. The van der Waals surface area contributed by atoms with Crippen molar-refractivity contribution in [3.8, 4) is 5.75 Å². The van der Waals surface area contributed by atoms with Gasteiger partial charge >= 0.3 is 0 Å². The maximum atomic E-state index is 12.5. The molecule has 0 saturated carbocycles. The number of carbonyl (C=O) groups excluding carboxylic acids is 1. The lowest BCUT2D eigenvalue weighted by molar-refractivity contribution is -0.130. The van der Waals surface area contributed by atoms with Gasteiger partial charge < -0.3 is 4.74 Å². The number of methoxy groups -OCH3 is 1. The summed E-state index contributed by atoms with van der Waals surface area (Å²) in [5.74, 6) is 0.536. The lowest BCUT2D eigenvalue weighted by atomic mass is 9.97. The second-order valence-electron chi connectivity index (χ2n) is 7.37. The average Bonchev–Trinajstić information content (AvgIpc) is 3.25. The first-order chi connectivity index (χ1) is 15.4. The van der Waals surface area contributed by atoms with Crippen LogP contribution < -0.4 is 9.46 Å². The molecule has 0 bridgehead atoms. The Labute approximate surface area is 187 Å². The van der Waals surface area contributed by atoms with E-state index in [0.29, 0.717) is 17.9 Å². The van der Waals surface area contributed by atoms with E-state index in [1.807, 2.05) is 24.3 Å². The van der Waals surface area contributed by atoms with Gasteiger partial charge in [0.15, 0.2) is 0 Å². The van der Waals surface area contributed by atoms with Crippen molar-refractivity contribution in [3.63, 3.8) is 0 Å². The molecule has 0 aliphatic carbocycles. The number of para-hydroxylation sites is 1. The van der Waals surface area contributed by atoms with Crippen LogP contribution in [0.4, 0.5) is 5.69 Å². The molecule has 1 unspecified atom stereocenters. The number of rotatable bonds is 6. The van der Waals surface area contributed by atoms with Crippen LogP contribution in [0, 0.1) is 0 Å².